The van der Waals surface area contributed by atoms with Crippen molar-refractivity contribution in [3.05, 3.63) is 29.8 Å². The molecule has 5 heteroatoms. The molecule has 0 aliphatic carbocycles. The fourth-order valence-corrected chi connectivity index (χ4v) is 2.74. The smallest absolute Gasteiger partial charge is 0.410 e. The average Bonchev–Trinajstić information content (AvgIpc) is 2.45. The number of ether oxygens (including phenoxy) is 2. The number of nitrogens with two attached hydrogens (primary N) is 1. The highest BCUT2D eigenvalue weighted by atomic mass is 16.6. The van der Waals surface area contributed by atoms with E-state index in [9.17, 15) is 4.79 Å². The minimum atomic E-state index is -0.478. The third kappa shape index (κ3) is 4.13. The van der Waals surface area contributed by atoms with Gasteiger partial charge in [0.1, 0.15) is 11.4 Å². The second-order valence-corrected chi connectivity index (χ2v) is 6.76. The molecule has 0 saturated carbocycles. The molecular formula is C17H26N2O3. The molecule has 2 rings (SSSR count). The van der Waals surface area contributed by atoms with E-state index in [0.29, 0.717) is 13.1 Å². The van der Waals surface area contributed by atoms with E-state index in [-0.39, 0.29) is 18.1 Å². The number of rotatable bonds is 2. The average molecular weight is 306 g/mol. The first-order chi connectivity index (χ1) is 10.3. The van der Waals surface area contributed by atoms with Gasteiger partial charge in [0.2, 0.25) is 0 Å². The molecule has 1 aliphatic heterocycles. The molecule has 1 saturated heterocycles. The molecule has 1 aromatic rings. The van der Waals surface area contributed by atoms with Crippen LogP contribution >= 0.6 is 0 Å². The molecule has 0 spiro atoms. The molecule has 1 fully saturated rings. The highest BCUT2D eigenvalue weighted by molar-refractivity contribution is 5.68. The number of carbonyl (C=O) groups excluding carboxylic acids is 1. The van der Waals surface area contributed by atoms with Gasteiger partial charge in [-0.3, -0.25) is 0 Å². The Balaban J connectivity index is 1.98. The normalized spacial score (nSPS) is 22.3. The zero-order valence-electron chi connectivity index (χ0n) is 13.8. The fraction of sp³-hybridized carbons (Fsp3) is 0.588. The quantitative estimate of drug-likeness (QED) is 0.912. The molecule has 0 unspecified atom stereocenters. The Hall–Kier alpha value is -1.75. The Labute approximate surface area is 132 Å². The molecule has 0 bridgehead atoms. The fourth-order valence-electron chi connectivity index (χ4n) is 2.74. The van der Waals surface area contributed by atoms with E-state index in [4.69, 9.17) is 15.2 Å². The van der Waals surface area contributed by atoms with Gasteiger partial charge in [-0.2, -0.15) is 0 Å². The van der Waals surface area contributed by atoms with Crippen LogP contribution in [0.25, 0.3) is 0 Å². The lowest BCUT2D eigenvalue weighted by Crippen LogP contribution is -2.50. The highest BCUT2D eigenvalue weighted by Gasteiger charge is 2.32. The summed E-state index contributed by atoms with van der Waals surface area (Å²) in [5.41, 5.74) is 7.01. The molecule has 1 aromatic carbocycles. The van der Waals surface area contributed by atoms with Gasteiger partial charge in [-0.05, 0) is 44.9 Å². The summed E-state index contributed by atoms with van der Waals surface area (Å²) >= 11 is 0. The van der Waals surface area contributed by atoms with Crippen LogP contribution in [0.5, 0.6) is 5.75 Å². The monoisotopic (exact) mass is 306 g/mol. The van der Waals surface area contributed by atoms with Crippen LogP contribution < -0.4 is 10.5 Å². The van der Waals surface area contributed by atoms with Gasteiger partial charge in [-0.15, -0.1) is 0 Å². The Morgan fingerprint density at radius 2 is 1.91 bits per heavy atom. The second kappa shape index (κ2) is 6.57. The van der Waals surface area contributed by atoms with Gasteiger partial charge >= 0.3 is 6.09 Å². The Morgan fingerprint density at radius 3 is 2.41 bits per heavy atom. The minimum Gasteiger partial charge on any atom is -0.497 e. The second-order valence-electron chi connectivity index (χ2n) is 6.76. The molecule has 2 atom stereocenters. The van der Waals surface area contributed by atoms with Crippen molar-refractivity contribution in [2.45, 2.75) is 44.8 Å². The molecule has 1 amide bonds. The summed E-state index contributed by atoms with van der Waals surface area (Å²) in [4.78, 5) is 13.8. The summed E-state index contributed by atoms with van der Waals surface area (Å²) in [5.74, 6) is 1.09. The van der Waals surface area contributed by atoms with E-state index in [1.54, 1.807) is 12.0 Å². The third-order valence-corrected chi connectivity index (χ3v) is 3.85. The predicted octanol–water partition coefficient (Wildman–Crippen LogP) is 2.75. The van der Waals surface area contributed by atoms with Crippen LogP contribution in [0, 0.1) is 0 Å². The van der Waals surface area contributed by atoms with Crippen LogP contribution in [0.1, 0.15) is 38.7 Å². The minimum absolute atomic E-state index is 0.0883. The number of hydrogen-bond donors (Lipinski definition) is 1. The van der Waals surface area contributed by atoms with Crippen molar-refractivity contribution in [3.8, 4) is 5.75 Å². The zero-order chi connectivity index (χ0) is 16.3. The van der Waals surface area contributed by atoms with Gasteiger partial charge in [0, 0.05) is 25.0 Å². The first-order valence-corrected chi connectivity index (χ1v) is 7.67. The lowest BCUT2D eigenvalue weighted by atomic mass is 9.86. The van der Waals surface area contributed by atoms with Crippen LogP contribution in [-0.2, 0) is 4.74 Å². The Morgan fingerprint density at radius 1 is 1.27 bits per heavy atom. The number of amides is 1. The van der Waals surface area contributed by atoms with Gasteiger partial charge in [-0.25, -0.2) is 4.79 Å². The van der Waals surface area contributed by atoms with Gasteiger partial charge < -0.3 is 20.1 Å². The number of carbonyl (C=O) groups is 1. The Bertz CT molecular complexity index is 508. The summed E-state index contributed by atoms with van der Waals surface area (Å²) in [6.07, 6.45) is 0.559. The lowest BCUT2D eigenvalue weighted by molar-refractivity contribution is 0.0186. The number of likely N-dealkylation sites (tertiary alicyclic amines) is 1. The summed E-state index contributed by atoms with van der Waals surface area (Å²) < 4.78 is 10.6. The molecule has 1 heterocycles. The van der Waals surface area contributed by atoms with Gasteiger partial charge in [0.05, 0.1) is 7.11 Å². The van der Waals surface area contributed by atoms with E-state index in [1.807, 2.05) is 45.0 Å². The van der Waals surface area contributed by atoms with Crippen molar-refractivity contribution < 1.29 is 14.3 Å². The standard InChI is InChI=1S/C17H26N2O3/c1-17(2,3)22-16(20)19-10-9-14(15(18)11-19)12-5-7-13(21-4)8-6-12/h5-8,14-15H,9-11,18H2,1-4H3/t14-,15+/m0/s1. The first-order valence-electron chi connectivity index (χ1n) is 7.67. The molecule has 22 heavy (non-hydrogen) atoms. The van der Waals surface area contributed by atoms with Crippen molar-refractivity contribution in [3.63, 3.8) is 0 Å². The molecule has 5 nitrogen and oxygen atoms in total. The van der Waals surface area contributed by atoms with Crippen LogP contribution in [0.3, 0.4) is 0 Å². The van der Waals surface area contributed by atoms with Crippen LogP contribution in [0.15, 0.2) is 24.3 Å². The number of benzene rings is 1. The summed E-state index contributed by atoms with van der Waals surface area (Å²) in [7, 11) is 1.65. The van der Waals surface area contributed by atoms with Crippen molar-refractivity contribution in [1.82, 2.24) is 4.90 Å². The van der Waals surface area contributed by atoms with Gasteiger partial charge in [0.25, 0.3) is 0 Å². The molecule has 2 N–H and O–H groups in total. The summed E-state index contributed by atoms with van der Waals surface area (Å²) in [6, 6.07) is 7.90. The van der Waals surface area contributed by atoms with Crippen molar-refractivity contribution in [2.75, 3.05) is 20.2 Å². The summed E-state index contributed by atoms with van der Waals surface area (Å²) in [6.45, 7) is 6.80. The number of hydrogen-bond acceptors (Lipinski definition) is 4. The number of nitrogens with zero attached hydrogens (tertiary/aromatic N) is 1. The molecule has 1 aliphatic rings. The van der Waals surface area contributed by atoms with Crippen LogP contribution in [-0.4, -0.2) is 42.8 Å². The van der Waals surface area contributed by atoms with Gasteiger partial charge in [-0.1, -0.05) is 12.1 Å². The van der Waals surface area contributed by atoms with Crippen molar-refractivity contribution in [2.24, 2.45) is 5.73 Å². The van der Waals surface area contributed by atoms with Gasteiger partial charge in [0.15, 0.2) is 0 Å². The largest absolute Gasteiger partial charge is 0.497 e. The highest BCUT2D eigenvalue weighted by Crippen LogP contribution is 2.29. The van der Waals surface area contributed by atoms with E-state index in [2.05, 4.69) is 0 Å². The predicted molar refractivity (Wildman–Crippen MR) is 86.1 cm³/mol. The summed E-state index contributed by atoms with van der Waals surface area (Å²) in [5, 5.41) is 0. The first kappa shape index (κ1) is 16.6. The van der Waals surface area contributed by atoms with Crippen LogP contribution in [0.2, 0.25) is 0 Å². The lowest BCUT2D eigenvalue weighted by Gasteiger charge is -2.37. The maximum Gasteiger partial charge on any atom is 0.410 e. The van der Waals surface area contributed by atoms with E-state index < -0.39 is 5.60 Å². The van der Waals surface area contributed by atoms with Crippen molar-refractivity contribution >= 4 is 6.09 Å². The third-order valence-electron chi connectivity index (χ3n) is 3.85. The maximum absolute atomic E-state index is 12.1. The van der Waals surface area contributed by atoms with Crippen LogP contribution in [0.4, 0.5) is 4.79 Å². The SMILES string of the molecule is COc1ccc([C@@H]2CCN(C(=O)OC(C)(C)C)C[C@H]2N)cc1. The topological polar surface area (TPSA) is 64.8 Å². The molecule has 0 aromatic heterocycles. The number of methoxy groups -OCH3 is 1. The maximum atomic E-state index is 12.1. The molecule has 0 radical (unpaired) electrons. The molecular weight excluding hydrogens is 280 g/mol. The van der Waals surface area contributed by atoms with Crippen molar-refractivity contribution in [1.29, 1.82) is 0 Å². The zero-order valence-corrected chi connectivity index (χ0v) is 13.8. The number of piperidine rings is 1. The molecule has 122 valence electrons. The van der Waals surface area contributed by atoms with E-state index in [0.717, 1.165) is 12.2 Å². The van der Waals surface area contributed by atoms with E-state index >= 15 is 0 Å². The Kier molecular flexibility index (Phi) is 4.96. The van der Waals surface area contributed by atoms with E-state index in [1.165, 1.54) is 5.56 Å².